The molecule has 1 amide bonds. The summed E-state index contributed by atoms with van der Waals surface area (Å²) in [6, 6.07) is 5.52. The molecule has 114 valence electrons. The molecule has 0 fully saturated rings. The van der Waals surface area contributed by atoms with Crippen molar-refractivity contribution in [3.8, 4) is 11.8 Å². The van der Waals surface area contributed by atoms with E-state index < -0.39 is 0 Å². The van der Waals surface area contributed by atoms with Crippen molar-refractivity contribution in [3.05, 3.63) is 34.9 Å². The zero-order valence-corrected chi connectivity index (χ0v) is 13.0. The summed E-state index contributed by atoms with van der Waals surface area (Å²) in [5.74, 6) is 5.90. The Morgan fingerprint density at radius 1 is 1.43 bits per heavy atom. The summed E-state index contributed by atoms with van der Waals surface area (Å²) in [6.07, 6.45) is 0.459. The van der Waals surface area contributed by atoms with E-state index in [0.717, 1.165) is 11.1 Å². The van der Waals surface area contributed by atoms with Gasteiger partial charge in [0, 0.05) is 37.7 Å². The van der Waals surface area contributed by atoms with Gasteiger partial charge in [-0.15, -0.1) is 0 Å². The van der Waals surface area contributed by atoms with Gasteiger partial charge in [0.15, 0.2) is 0 Å². The third-order valence-corrected chi connectivity index (χ3v) is 3.17. The van der Waals surface area contributed by atoms with E-state index in [2.05, 4.69) is 11.8 Å². The normalized spacial score (nSPS) is 9.90. The third-order valence-electron chi connectivity index (χ3n) is 3.17. The van der Waals surface area contributed by atoms with Crippen LogP contribution in [0.15, 0.2) is 18.2 Å². The highest BCUT2D eigenvalue weighted by Crippen LogP contribution is 2.12. The molecule has 0 spiro atoms. The highest BCUT2D eigenvalue weighted by Gasteiger charge is 2.14. The number of carbonyl (C=O) groups is 1. The minimum absolute atomic E-state index is 0.00696. The smallest absolute Gasteiger partial charge is 0.253 e. The second-order valence-corrected chi connectivity index (χ2v) is 4.68. The fraction of sp³-hybridized carbons (Fsp3) is 0.471. The molecule has 1 aromatic rings. The van der Waals surface area contributed by atoms with E-state index in [9.17, 15) is 4.79 Å². The number of aliphatic hydroxyl groups is 1. The lowest BCUT2D eigenvalue weighted by molar-refractivity contribution is 0.0706. The molecule has 1 rings (SSSR count). The van der Waals surface area contributed by atoms with Crippen LogP contribution in [0.25, 0.3) is 0 Å². The SMILES string of the molecule is CCN(CCOC)C(=O)c1ccc(C#CCCO)c(C)c1. The van der Waals surface area contributed by atoms with Crippen molar-refractivity contribution in [1.82, 2.24) is 4.90 Å². The Morgan fingerprint density at radius 3 is 2.76 bits per heavy atom. The van der Waals surface area contributed by atoms with Crippen LogP contribution in [0.5, 0.6) is 0 Å². The maximum Gasteiger partial charge on any atom is 0.253 e. The van der Waals surface area contributed by atoms with Crippen molar-refractivity contribution in [2.45, 2.75) is 20.3 Å². The van der Waals surface area contributed by atoms with Gasteiger partial charge in [0.05, 0.1) is 13.2 Å². The number of aryl methyl sites for hydroxylation is 1. The van der Waals surface area contributed by atoms with E-state index in [0.29, 0.717) is 31.7 Å². The van der Waals surface area contributed by atoms with Gasteiger partial charge in [-0.3, -0.25) is 4.79 Å². The molecule has 0 radical (unpaired) electrons. The van der Waals surface area contributed by atoms with E-state index in [4.69, 9.17) is 9.84 Å². The molecule has 0 bridgehead atoms. The lowest BCUT2D eigenvalue weighted by Crippen LogP contribution is -2.33. The van der Waals surface area contributed by atoms with Gasteiger partial charge in [0.1, 0.15) is 0 Å². The van der Waals surface area contributed by atoms with Crippen LogP contribution in [0.4, 0.5) is 0 Å². The Kier molecular flexibility index (Phi) is 7.52. The second-order valence-electron chi connectivity index (χ2n) is 4.68. The number of likely N-dealkylation sites (N-methyl/N-ethyl adjacent to an activating group) is 1. The van der Waals surface area contributed by atoms with Crippen LogP contribution in [-0.2, 0) is 4.74 Å². The largest absolute Gasteiger partial charge is 0.395 e. The Balaban J connectivity index is 2.87. The summed E-state index contributed by atoms with van der Waals surface area (Å²) >= 11 is 0. The van der Waals surface area contributed by atoms with Crippen LogP contribution in [0, 0.1) is 18.8 Å². The number of aliphatic hydroxyl groups excluding tert-OH is 1. The van der Waals surface area contributed by atoms with Gasteiger partial charge < -0.3 is 14.7 Å². The summed E-state index contributed by atoms with van der Waals surface area (Å²) in [5, 5.41) is 8.73. The summed E-state index contributed by atoms with van der Waals surface area (Å²) in [5.41, 5.74) is 2.52. The van der Waals surface area contributed by atoms with Crippen molar-refractivity contribution < 1.29 is 14.6 Å². The number of hydrogen-bond donors (Lipinski definition) is 1. The third kappa shape index (κ3) is 5.22. The highest BCUT2D eigenvalue weighted by molar-refractivity contribution is 5.94. The molecule has 0 aromatic heterocycles. The Labute approximate surface area is 126 Å². The number of nitrogens with zero attached hydrogens (tertiary/aromatic N) is 1. The van der Waals surface area contributed by atoms with Gasteiger partial charge in [0.25, 0.3) is 5.91 Å². The highest BCUT2D eigenvalue weighted by atomic mass is 16.5. The molecule has 21 heavy (non-hydrogen) atoms. The van der Waals surface area contributed by atoms with Gasteiger partial charge in [-0.25, -0.2) is 0 Å². The molecule has 1 N–H and O–H groups in total. The van der Waals surface area contributed by atoms with Crippen molar-refractivity contribution in [1.29, 1.82) is 0 Å². The van der Waals surface area contributed by atoms with Crippen molar-refractivity contribution in [2.24, 2.45) is 0 Å². The predicted octanol–water partition coefficient (Wildman–Crippen LogP) is 1.84. The lowest BCUT2D eigenvalue weighted by Gasteiger charge is -2.20. The fourth-order valence-corrected chi connectivity index (χ4v) is 1.94. The lowest BCUT2D eigenvalue weighted by atomic mass is 10.0. The topological polar surface area (TPSA) is 49.8 Å². The summed E-state index contributed by atoms with van der Waals surface area (Å²) in [6.45, 7) is 5.72. The summed E-state index contributed by atoms with van der Waals surface area (Å²) in [4.78, 5) is 14.2. The second kappa shape index (κ2) is 9.17. The standard InChI is InChI=1S/C17H23NO3/c1-4-18(10-12-21-3)17(20)16-9-8-15(14(2)13-16)7-5-6-11-19/h8-9,13,19H,4,6,10-12H2,1-3H3. The monoisotopic (exact) mass is 289 g/mol. The summed E-state index contributed by atoms with van der Waals surface area (Å²) in [7, 11) is 1.63. The molecule has 0 heterocycles. The van der Waals surface area contributed by atoms with Gasteiger partial charge in [-0.05, 0) is 37.6 Å². The van der Waals surface area contributed by atoms with Crippen LogP contribution < -0.4 is 0 Å². The average molecular weight is 289 g/mol. The number of hydrogen-bond acceptors (Lipinski definition) is 3. The zero-order chi connectivity index (χ0) is 15.7. The molecule has 0 aliphatic carbocycles. The van der Waals surface area contributed by atoms with Crippen molar-refractivity contribution in [3.63, 3.8) is 0 Å². The van der Waals surface area contributed by atoms with E-state index >= 15 is 0 Å². The van der Waals surface area contributed by atoms with Crippen LogP contribution >= 0.6 is 0 Å². The van der Waals surface area contributed by atoms with Crippen LogP contribution in [0.3, 0.4) is 0 Å². The van der Waals surface area contributed by atoms with E-state index in [-0.39, 0.29) is 12.5 Å². The fourth-order valence-electron chi connectivity index (χ4n) is 1.94. The first-order chi connectivity index (χ1) is 10.1. The van der Waals surface area contributed by atoms with Gasteiger partial charge >= 0.3 is 0 Å². The van der Waals surface area contributed by atoms with Crippen molar-refractivity contribution in [2.75, 3.05) is 33.4 Å². The number of carbonyl (C=O) groups excluding carboxylic acids is 1. The van der Waals surface area contributed by atoms with E-state index in [1.54, 1.807) is 18.1 Å². The first-order valence-corrected chi connectivity index (χ1v) is 7.12. The first kappa shape index (κ1) is 17.2. The molecule has 0 unspecified atom stereocenters. The van der Waals surface area contributed by atoms with E-state index in [1.165, 1.54) is 0 Å². The number of methoxy groups -OCH3 is 1. The number of benzene rings is 1. The first-order valence-electron chi connectivity index (χ1n) is 7.12. The molecular weight excluding hydrogens is 266 g/mol. The van der Waals surface area contributed by atoms with Crippen molar-refractivity contribution >= 4 is 5.91 Å². The Hall–Kier alpha value is -1.83. The molecule has 0 atom stereocenters. The minimum atomic E-state index is 0.00696. The maximum absolute atomic E-state index is 12.4. The number of ether oxygens (including phenoxy) is 1. The van der Waals surface area contributed by atoms with Gasteiger partial charge in [0.2, 0.25) is 0 Å². The van der Waals surface area contributed by atoms with Crippen LogP contribution in [0.1, 0.15) is 34.8 Å². The predicted molar refractivity (Wildman–Crippen MR) is 83.2 cm³/mol. The Bertz CT molecular complexity index is 529. The molecule has 0 aliphatic heterocycles. The molecule has 0 aliphatic rings. The molecular formula is C17H23NO3. The number of amides is 1. The average Bonchev–Trinajstić information content (AvgIpc) is 2.49. The Morgan fingerprint density at radius 2 is 2.19 bits per heavy atom. The van der Waals surface area contributed by atoms with Crippen LogP contribution in [0.2, 0.25) is 0 Å². The molecule has 0 saturated heterocycles. The quantitative estimate of drug-likeness (QED) is 0.813. The maximum atomic E-state index is 12.4. The van der Waals surface area contributed by atoms with E-state index in [1.807, 2.05) is 26.0 Å². The number of rotatable bonds is 6. The summed E-state index contributed by atoms with van der Waals surface area (Å²) < 4.78 is 5.03. The van der Waals surface area contributed by atoms with Crippen LogP contribution in [-0.4, -0.2) is 49.3 Å². The van der Waals surface area contributed by atoms with Gasteiger partial charge in [-0.2, -0.15) is 0 Å². The molecule has 0 saturated carbocycles. The molecule has 4 heteroatoms. The van der Waals surface area contributed by atoms with Gasteiger partial charge in [-0.1, -0.05) is 11.8 Å². The molecule has 4 nitrogen and oxygen atoms in total. The minimum Gasteiger partial charge on any atom is -0.395 e. The molecule has 1 aromatic carbocycles. The zero-order valence-electron chi connectivity index (χ0n) is 13.0.